The lowest BCUT2D eigenvalue weighted by Gasteiger charge is -2.02. The highest BCUT2D eigenvalue weighted by molar-refractivity contribution is 9.10. The van der Waals surface area contributed by atoms with Gasteiger partial charge in [0.2, 0.25) is 11.8 Å². The van der Waals surface area contributed by atoms with Crippen molar-refractivity contribution in [1.82, 2.24) is 10.2 Å². The summed E-state index contributed by atoms with van der Waals surface area (Å²) in [4.78, 5) is 11.9. The molecular formula is C16H12BrN3O2S. The number of halogens is 1. The molecule has 116 valence electrons. The van der Waals surface area contributed by atoms with E-state index in [1.807, 2.05) is 54.6 Å². The molecular weight excluding hydrogens is 378 g/mol. The van der Waals surface area contributed by atoms with Crippen LogP contribution in [0.4, 0.5) is 5.69 Å². The maximum atomic E-state index is 11.9. The summed E-state index contributed by atoms with van der Waals surface area (Å²) in [6.45, 7) is 0. The third kappa shape index (κ3) is 4.43. The lowest BCUT2D eigenvalue weighted by Crippen LogP contribution is -2.13. The molecule has 0 radical (unpaired) electrons. The maximum Gasteiger partial charge on any atom is 0.277 e. The Balaban J connectivity index is 1.57. The number of para-hydroxylation sites is 1. The lowest BCUT2D eigenvalue weighted by molar-refractivity contribution is -0.113. The summed E-state index contributed by atoms with van der Waals surface area (Å²) >= 11 is 4.58. The summed E-state index contributed by atoms with van der Waals surface area (Å²) < 4.78 is 6.54. The van der Waals surface area contributed by atoms with E-state index in [0.717, 1.165) is 15.7 Å². The van der Waals surface area contributed by atoms with Crippen molar-refractivity contribution in [1.29, 1.82) is 0 Å². The van der Waals surface area contributed by atoms with E-state index in [2.05, 4.69) is 31.4 Å². The van der Waals surface area contributed by atoms with Gasteiger partial charge in [-0.3, -0.25) is 4.79 Å². The van der Waals surface area contributed by atoms with Crippen LogP contribution >= 0.6 is 27.7 Å². The number of hydrogen-bond donors (Lipinski definition) is 1. The minimum Gasteiger partial charge on any atom is -0.411 e. The number of amides is 1. The van der Waals surface area contributed by atoms with Gasteiger partial charge >= 0.3 is 0 Å². The zero-order valence-electron chi connectivity index (χ0n) is 11.9. The molecule has 0 bridgehead atoms. The first kappa shape index (κ1) is 15.8. The van der Waals surface area contributed by atoms with Crippen LogP contribution in [0.3, 0.4) is 0 Å². The Morgan fingerprint density at radius 1 is 1.09 bits per heavy atom. The van der Waals surface area contributed by atoms with Crippen LogP contribution in [0.25, 0.3) is 11.5 Å². The number of carbonyl (C=O) groups excluding carboxylic acids is 1. The average Bonchev–Trinajstić information content (AvgIpc) is 3.04. The predicted octanol–water partition coefficient (Wildman–Crippen LogP) is 4.23. The van der Waals surface area contributed by atoms with E-state index in [1.54, 1.807) is 0 Å². The number of anilines is 1. The first-order valence-electron chi connectivity index (χ1n) is 6.78. The summed E-state index contributed by atoms with van der Waals surface area (Å²) in [6.07, 6.45) is 0. The van der Waals surface area contributed by atoms with Crippen LogP contribution < -0.4 is 5.32 Å². The standard InChI is InChI=1S/C16H12BrN3O2S/c17-12-8-6-11(7-9-12)15-19-20-16(22-15)23-10-14(21)18-13-4-2-1-3-5-13/h1-9H,10H2,(H,18,21). The van der Waals surface area contributed by atoms with Crippen molar-refractivity contribution in [2.24, 2.45) is 0 Å². The van der Waals surface area contributed by atoms with Crippen molar-refractivity contribution in [3.8, 4) is 11.5 Å². The van der Waals surface area contributed by atoms with E-state index in [-0.39, 0.29) is 11.7 Å². The van der Waals surface area contributed by atoms with E-state index in [9.17, 15) is 4.79 Å². The average molecular weight is 390 g/mol. The summed E-state index contributed by atoms with van der Waals surface area (Å²) in [5.74, 6) is 0.518. The van der Waals surface area contributed by atoms with Gasteiger partial charge in [-0.05, 0) is 36.4 Å². The van der Waals surface area contributed by atoms with Gasteiger partial charge in [0, 0.05) is 15.7 Å². The van der Waals surface area contributed by atoms with Crippen LogP contribution in [-0.2, 0) is 4.79 Å². The number of carbonyl (C=O) groups is 1. The maximum absolute atomic E-state index is 11.9. The molecule has 0 saturated carbocycles. The molecule has 1 heterocycles. The number of hydrogen-bond acceptors (Lipinski definition) is 5. The Hall–Kier alpha value is -2.12. The van der Waals surface area contributed by atoms with Gasteiger partial charge in [-0.15, -0.1) is 10.2 Å². The van der Waals surface area contributed by atoms with Gasteiger partial charge in [0.1, 0.15) is 0 Å². The molecule has 5 nitrogen and oxygen atoms in total. The summed E-state index contributed by atoms with van der Waals surface area (Å²) in [6, 6.07) is 16.9. The quantitative estimate of drug-likeness (QED) is 0.661. The van der Waals surface area contributed by atoms with E-state index < -0.39 is 0 Å². The Morgan fingerprint density at radius 2 is 1.83 bits per heavy atom. The van der Waals surface area contributed by atoms with Crippen molar-refractivity contribution in [2.45, 2.75) is 5.22 Å². The van der Waals surface area contributed by atoms with Crippen molar-refractivity contribution in [3.63, 3.8) is 0 Å². The highest BCUT2D eigenvalue weighted by Gasteiger charge is 2.11. The molecule has 1 aromatic heterocycles. The van der Waals surface area contributed by atoms with E-state index in [0.29, 0.717) is 11.1 Å². The van der Waals surface area contributed by atoms with Gasteiger partial charge in [0.05, 0.1) is 5.75 Å². The largest absolute Gasteiger partial charge is 0.411 e. The van der Waals surface area contributed by atoms with Gasteiger partial charge in [-0.1, -0.05) is 45.9 Å². The van der Waals surface area contributed by atoms with Gasteiger partial charge < -0.3 is 9.73 Å². The Morgan fingerprint density at radius 3 is 2.57 bits per heavy atom. The molecule has 0 saturated heterocycles. The third-order valence-electron chi connectivity index (χ3n) is 2.88. The monoisotopic (exact) mass is 389 g/mol. The highest BCUT2D eigenvalue weighted by atomic mass is 79.9. The molecule has 23 heavy (non-hydrogen) atoms. The molecule has 0 aliphatic heterocycles. The fraction of sp³-hybridized carbons (Fsp3) is 0.0625. The second-order valence-electron chi connectivity index (χ2n) is 4.58. The summed E-state index contributed by atoms with van der Waals surface area (Å²) in [7, 11) is 0. The molecule has 3 rings (SSSR count). The van der Waals surface area contributed by atoms with Crippen molar-refractivity contribution < 1.29 is 9.21 Å². The number of aromatic nitrogens is 2. The summed E-state index contributed by atoms with van der Waals surface area (Å²) in [5, 5.41) is 11.1. The van der Waals surface area contributed by atoms with Crippen LogP contribution in [0.15, 0.2) is 68.7 Å². The second-order valence-corrected chi connectivity index (χ2v) is 6.43. The van der Waals surface area contributed by atoms with Gasteiger partial charge in [0.15, 0.2) is 0 Å². The molecule has 1 amide bonds. The number of nitrogens with zero attached hydrogens (tertiary/aromatic N) is 2. The molecule has 0 spiro atoms. The number of thioether (sulfide) groups is 1. The van der Waals surface area contributed by atoms with Crippen LogP contribution in [-0.4, -0.2) is 21.9 Å². The predicted molar refractivity (Wildman–Crippen MR) is 93.2 cm³/mol. The van der Waals surface area contributed by atoms with Crippen molar-refractivity contribution >= 4 is 39.3 Å². The molecule has 0 aliphatic carbocycles. The van der Waals surface area contributed by atoms with E-state index in [1.165, 1.54) is 11.8 Å². The molecule has 2 aromatic carbocycles. The Labute approximate surface area is 145 Å². The highest BCUT2D eigenvalue weighted by Crippen LogP contribution is 2.24. The van der Waals surface area contributed by atoms with E-state index in [4.69, 9.17) is 4.42 Å². The summed E-state index contributed by atoms with van der Waals surface area (Å²) in [5.41, 5.74) is 1.60. The molecule has 0 atom stereocenters. The molecule has 1 N–H and O–H groups in total. The molecule has 3 aromatic rings. The third-order valence-corrected chi connectivity index (χ3v) is 4.23. The Bertz CT molecular complexity index is 791. The van der Waals surface area contributed by atoms with Crippen LogP contribution in [0.1, 0.15) is 0 Å². The minimum atomic E-state index is -0.121. The molecule has 0 unspecified atom stereocenters. The van der Waals surface area contributed by atoms with E-state index >= 15 is 0 Å². The Kier molecular flexibility index (Phi) is 5.09. The zero-order chi connectivity index (χ0) is 16.1. The second kappa shape index (κ2) is 7.43. The van der Waals surface area contributed by atoms with Crippen molar-refractivity contribution in [3.05, 3.63) is 59.1 Å². The number of nitrogens with one attached hydrogen (secondary N) is 1. The van der Waals surface area contributed by atoms with Gasteiger partial charge in [-0.25, -0.2) is 0 Å². The first-order valence-corrected chi connectivity index (χ1v) is 8.56. The molecule has 0 fully saturated rings. The lowest BCUT2D eigenvalue weighted by atomic mass is 10.2. The van der Waals surface area contributed by atoms with Crippen LogP contribution in [0.2, 0.25) is 0 Å². The zero-order valence-corrected chi connectivity index (χ0v) is 14.3. The molecule has 0 aliphatic rings. The van der Waals surface area contributed by atoms with Crippen molar-refractivity contribution in [2.75, 3.05) is 11.1 Å². The number of rotatable bonds is 5. The van der Waals surface area contributed by atoms with Gasteiger partial charge in [-0.2, -0.15) is 0 Å². The minimum absolute atomic E-state index is 0.121. The normalized spacial score (nSPS) is 10.5. The van der Waals surface area contributed by atoms with Gasteiger partial charge in [0.25, 0.3) is 5.22 Å². The SMILES string of the molecule is O=C(CSc1nnc(-c2ccc(Br)cc2)o1)Nc1ccccc1. The van der Waals surface area contributed by atoms with Crippen LogP contribution in [0, 0.1) is 0 Å². The smallest absolute Gasteiger partial charge is 0.277 e. The fourth-order valence-corrected chi connectivity index (χ4v) is 2.65. The van der Waals surface area contributed by atoms with Crippen LogP contribution in [0.5, 0.6) is 0 Å². The number of benzene rings is 2. The fourth-order valence-electron chi connectivity index (χ4n) is 1.82. The molecule has 7 heteroatoms. The first-order chi connectivity index (χ1) is 11.2. The topological polar surface area (TPSA) is 68.0 Å².